The Kier molecular flexibility index (Phi) is 2.57. The molecule has 2 heterocycles. The van der Waals surface area contributed by atoms with Gasteiger partial charge in [-0.25, -0.2) is 0 Å². The molecule has 3 heteroatoms. The van der Waals surface area contributed by atoms with Crippen molar-refractivity contribution in [3.05, 3.63) is 34.3 Å². The molecule has 0 aromatic heterocycles. The Bertz CT molecular complexity index is 409. The second-order valence-electron chi connectivity index (χ2n) is 4.90. The Balaban J connectivity index is 2.02. The van der Waals surface area contributed by atoms with E-state index < -0.39 is 0 Å². The van der Waals surface area contributed by atoms with Gasteiger partial charge in [0.05, 0.1) is 12.2 Å². The standard InChI is InChI=1S/C13H16BrNO/c14-10-3-1-2-9(6-10)13(8-15)7-11-4-5-12(13)16-11/h1-3,6,11-12H,4-5,7-8,15H2. The number of benzene rings is 1. The molecule has 2 saturated heterocycles. The summed E-state index contributed by atoms with van der Waals surface area (Å²) in [7, 11) is 0. The SMILES string of the molecule is NCC1(c2cccc(Br)c2)CC2CCC1O2. The van der Waals surface area contributed by atoms with E-state index in [0.29, 0.717) is 18.8 Å². The summed E-state index contributed by atoms with van der Waals surface area (Å²) in [5.41, 5.74) is 7.43. The molecule has 3 unspecified atom stereocenters. The third kappa shape index (κ3) is 1.45. The van der Waals surface area contributed by atoms with Gasteiger partial charge >= 0.3 is 0 Å². The van der Waals surface area contributed by atoms with Crippen LogP contribution in [0.25, 0.3) is 0 Å². The van der Waals surface area contributed by atoms with E-state index in [1.54, 1.807) is 0 Å². The first-order chi connectivity index (χ1) is 7.74. The van der Waals surface area contributed by atoms with Crippen molar-refractivity contribution in [2.75, 3.05) is 6.54 Å². The largest absolute Gasteiger partial charge is 0.374 e. The van der Waals surface area contributed by atoms with Crippen molar-refractivity contribution in [2.24, 2.45) is 5.73 Å². The Hall–Kier alpha value is -0.380. The Morgan fingerprint density at radius 2 is 2.31 bits per heavy atom. The topological polar surface area (TPSA) is 35.2 Å². The van der Waals surface area contributed by atoms with Gasteiger partial charge in [-0.05, 0) is 37.0 Å². The fourth-order valence-corrected chi connectivity index (χ4v) is 3.63. The molecule has 3 atom stereocenters. The van der Waals surface area contributed by atoms with E-state index in [1.165, 1.54) is 12.0 Å². The van der Waals surface area contributed by atoms with Gasteiger partial charge < -0.3 is 10.5 Å². The van der Waals surface area contributed by atoms with Gasteiger partial charge in [-0.2, -0.15) is 0 Å². The lowest BCUT2D eigenvalue weighted by Crippen LogP contribution is -2.43. The lowest BCUT2D eigenvalue weighted by molar-refractivity contribution is 0.0857. The normalized spacial score (nSPS) is 36.9. The van der Waals surface area contributed by atoms with Gasteiger partial charge in [0.2, 0.25) is 0 Å². The number of ether oxygens (including phenoxy) is 1. The highest BCUT2D eigenvalue weighted by molar-refractivity contribution is 9.10. The van der Waals surface area contributed by atoms with Crippen molar-refractivity contribution in [3.8, 4) is 0 Å². The molecule has 0 amide bonds. The predicted molar refractivity (Wildman–Crippen MR) is 67.4 cm³/mol. The van der Waals surface area contributed by atoms with E-state index >= 15 is 0 Å². The van der Waals surface area contributed by atoms with Crippen LogP contribution in [0.1, 0.15) is 24.8 Å². The molecule has 2 fully saturated rings. The van der Waals surface area contributed by atoms with Crippen LogP contribution in [0.2, 0.25) is 0 Å². The molecule has 2 aliphatic rings. The van der Waals surface area contributed by atoms with Gasteiger partial charge in [-0.1, -0.05) is 28.1 Å². The molecule has 0 aliphatic carbocycles. The van der Waals surface area contributed by atoms with Gasteiger partial charge in [0.25, 0.3) is 0 Å². The second kappa shape index (κ2) is 3.83. The summed E-state index contributed by atoms with van der Waals surface area (Å²) >= 11 is 3.53. The predicted octanol–water partition coefficient (Wildman–Crippen LogP) is 2.60. The average molecular weight is 282 g/mol. The number of halogens is 1. The van der Waals surface area contributed by atoms with Gasteiger partial charge in [-0.3, -0.25) is 0 Å². The van der Waals surface area contributed by atoms with Crippen LogP contribution in [0.4, 0.5) is 0 Å². The van der Waals surface area contributed by atoms with Crippen molar-refractivity contribution in [2.45, 2.75) is 36.9 Å². The minimum atomic E-state index is 0.0622. The van der Waals surface area contributed by atoms with Crippen molar-refractivity contribution in [3.63, 3.8) is 0 Å². The molecule has 2 N–H and O–H groups in total. The van der Waals surface area contributed by atoms with Crippen LogP contribution in [0.5, 0.6) is 0 Å². The average Bonchev–Trinajstić information content (AvgIpc) is 2.89. The summed E-state index contributed by atoms with van der Waals surface area (Å²) in [6, 6.07) is 8.52. The molecule has 2 nitrogen and oxygen atoms in total. The summed E-state index contributed by atoms with van der Waals surface area (Å²) in [6.07, 6.45) is 4.23. The van der Waals surface area contributed by atoms with Gasteiger partial charge in [0.1, 0.15) is 0 Å². The zero-order valence-electron chi connectivity index (χ0n) is 9.16. The van der Waals surface area contributed by atoms with Crippen molar-refractivity contribution in [1.82, 2.24) is 0 Å². The smallest absolute Gasteiger partial charge is 0.0689 e. The van der Waals surface area contributed by atoms with Gasteiger partial charge in [0, 0.05) is 16.4 Å². The highest BCUT2D eigenvalue weighted by Crippen LogP contribution is 2.49. The molecule has 0 radical (unpaired) electrons. The first-order valence-corrected chi connectivity index (χ1v) is 6.65. The first-order valence-electron chi connectivity index (χ1n) is 5.86. The minimum absolute atomic E-state index is 0.0622. The highest BCUT2D eigenvalue weighted by atomic mass is 79.9. The maximum absolute atomic E-state index is 6.04. The number of hydrogen-bond donors (Lipinski definition) is 1. The molecule has 0 saturated carbocycles. The van der Waals surface area contributed by atoms with Crippen LogP contribution in [-0.2, 0) is 10.2 Å². The van der Waals surface area contributed by atoms with E-state index in [0.717, 1.165) is 17.3 Å². The summed E-state index contributed by atoms with van der Waals surface area (Å²) < 4.78 is 7.10. The molecular formula is C13H16BrNO. The fraction of sp³-hybridized carbons (Fsp3) is 0.538. The molecule has 86 valence electrons. The number of fused-ring (bicyclic) bond motifs is 2. The molecule has 2 aliphatic heterocycles. The van der Waals surface area contributed by atoms with E-state index in [9.17, 15) is 0 Å². The maximum Gasteiger partial charge on any atom is 0.0689 e. The molecule has 1 aromatic rings. The highest BCUT2D eigenvalue weighted by Gasteiger charge is 2.52. The van der Waals surface area contributed by atoms with Crippen LogP contribution < -0.4 is 5.73 Å². The zero-order chi connectivity index (χ0) is 11.2. The summed E-state index contributed by atoms with van der Waals surface area (Å²) in [4.78, 5) is 0. The van der Waals surface area contributed by atoms with E-state index in [2.05, 4.69) is 40.2 Å². The Morgan fingerprint density at radius 3 is 2.88 bits per heavy atom. The van der Waals surface area contributed by atoms with Crippen molar-refractivity contribution < 1.29 is 4.74 Å². The number of nitrogens with two attached hydrogens (primary N) is 1. The van der Waals surface area contributed by atoms with Gasteiger partial charge in [0.15, 0.2) is 0 Å². The lowest BCUT2D eigenvalue weighted by atomic mass is 9.69. The van der Waals surface area contributed by atoms with E-state index in [-0.39, 0.29) is 5.41 Å². The Labute approximate surface area is 104 Å². The molecule has 1 aromatic carbocycles. The van der Waals surface area contributed by atoms with Crippen LogP contribution in [-0.4, -0.2) is 18.8 Å². The van der Waals surface area contributed by atoms with Crippen LogP contribution in [0, 0.1) is 0 Å². The minimum Gasteiger partial charge on any atom is -0.374 e. The van der Waals surface area contributed by atoms with Gasteiger partial charge in [-0.15, -0.1) is 0 Å². The molecule has 3 rings (SSSR count). The maximum atomic E-state index is 6.04. The Morgan fingerprint density at radius 1 is 1.44 bits per heavy atom. The third-order valence-corrected chi connectivity index (χ3v) is 4.57. The molecule has 0 spiro atoms. The third-order valence-electron chi connectivity index (χ3n) is 4.08. The van der Waals surface area contributed by atoms with E-state index in [1.807, 2.05) is 0 Å². The zero-order valence-corrected chi connectivity index (χ0v) is 10.7. The molecule has 16 heavy (non-hydrogen) atoms. The number of rotatable bonds is 2. The first kappa shape index (κ1) is 10.8. The van der Waals surface area contributed by atoms with Crippen LogP contribution in [0.3, 0.4) is 0 Å². The summed E-state index contributed by atoms with van der Waals surface area (Å²) in [6.45, 7) is 0.685. The fourth-order valence-electron chi connectivity index (χ4n) is 3.23. The molecular weight excluding hydrogens is 266 g/mol. The van der Waals surface area contributed by atoms with E-state index in [4.69, 9.17) is 10.5 Å². The monoisotopic (exact) mass is 281 g/mol. The van der Waals surface area contributed by atoms with Crippen molar-refractivity contribution in [1.29, 1.82) is 0 Å². The van der Waals surface area contributed by atoms with Crippen LogP contribution >= 0.6 is 15.9 Å². The summed E-state index contributed by atoms with van der Waals surface area (Å²) in [5.74, 6) is 0. The molecule has 2 bridgehead atoms. The number of hydrogen-bond acceptors (Lipinski definition) is 2. The quantitative estimate of drug-likeness (QED) is 0.905. The summed E-state index contributed by atoms with van der Waals surface area (Å²) in [5, 5.41) is 0. The lowest BCUT2D eigenvalue weighted by Gasteiger charge is -2.34. The van der Waals surface area contributed by atoms with Crippen LogP contribution in [0.15, 0.2) is 28.7 Å². The van der Waals surface area contributed by atoms with Crippen molar-refractivity contribution >= 4 is 15.9 Å². The second-order valence-corrected chi connectivity index (χ2v) is 5.81.